The third-order valence-corrected chi connectivity index (χ3v) is 4.78. The molecule has 31 heavy (non-hydrogen) atoms. The Kier molecular flexibility index (Phi) is 7.39. The molecule has 0 saturated carbocycles. The molecule has 166 valence electrons. The molecule has 1 aliphatic heterocycles. The van der Waals surface area contributed by atoms with E-state index in [2.05, 4.69) is 5.32 Å². The fraction of sp³-hybridized carbons (Fsp3) is 0.417. The maximum Gasteiger partial charge on any atom is 0.410 e. The van der Waals surface area contributed by atoms with Gasteiger partial charge in [-0.05, 0) is 62.7 Å². The van der Waals surface area contributed by atoms with Crippen LogP contribution < -0.4 is 14.8 Å². The van der Waals surface area contributed by atoms with Crippen molar-refractivity contribution in [2.75, 3.05) is 18.4 Å². The fourth-order valence-corrected chi connectivity index (χ4v) is 3.28. The van der Waals surface area contributed by atoms with Crippen LogP contribution in [0.3, 0.4) is 0 Å². The van der Waals surface area contributed by atoms with E-state index in [9.17, 15) is 9.59 Å². The number of amides is 2. The minimum Gasteiger partial charge on any atom is -0.490 e. The summed E-state index contributed by atoms with van der Waals surface area (Å²) in [6.07, 6.45) is 1.99. The summed E-state index contributed by atoms with van der Waals surface area (Å²) in [5.74, 6) is 1.51. The molecule has 0 spiro atoms. The average Bonchev–Trinajstić information content (AvgIpc) is 2.73. The molecule has 0 aliphatic carbocycles. The quantitative estimate of drug-likeness (QED) is 0.654. The van der Waals surface area contributed by atoms with E-state index in [0.717, 1.165) is 35.6 Å². The van der Waals surface area contributed by atoms with Gasteiger partial charge in [-0.2, -0.15) is 0 Å². The minimum absolute atomic E-state index is 0.0681. The zero-order valence-electron chi connectivity index (χ0n) is 18.3. The van der Waals surface area contributed by atoms with Crippen LogP contribution in [0.25, 0.3) is 0 Å². The second kappa shape index (κ2) is 10.2. The van der Waals surface area contributed by atoms with Gasteiger partial charge in [-0.15, -0.1) is 0 Å². The van der Waals surface area contributed by atoms with E-state index in [1.165, 1.54) is 0 Å². The summed E-state index contributed by atoms with van der Waals surface area (Å²) in [4.78, 5) is 24.5. The van der Waals surface area contributed by atoms with Gasteiger partial charge in [0.05, 0.1) is 0 Å². The number of nitrogens with one attached hydrogen (secondary N) is 1. The SMILES string of the molecule is CC(C)(C)OC(=O)N1CCC(Oc2ccc(OCc3cccc(NC=O)c3)cc2)CC1. The maximum absolute atomic E-state index is 12.2. The zero-order chi connectivity index (χ0) is 22.3. The Bertz CT molecular complexity index is 868. The van der Waals surface area contributed by atoms with Gasteiger partial charge in [0.25, 0.3) is 0 Å². The van der Waals surface area contributed by atoms with E-state index in [1.807, 2.05) is 69.3 Å². The maximum atomic E-state index is 12.2. The van der Waals surface area contributed by atoms with Crippen LogP contribution in [0.2, 0.25) is 0 Å². The first-order valence-corrected chi connectivity index (χ1v) is 10.5. The first kappa shape index (κ1) is 22.5. The number of anilines is 1. The summed E-state index contributed by atoms with van der Waals surface area (Å²) in [5, 5.41) is 2.63. The van der Waals surface area contributed by atoms with E-state index in [0.29, 0.717) is 26.1 Å². The first-order chi connectivity index (χ1) is 14.8. The van der Waals surface area contributed by atoms with Crippen LogP contribution in [0, 0.1) is 0 Å². The number of benzene rings is 2. The van der Waals surface area contributed by atoms with E-state index >= 15 is 0 Å². The molecule has 1 heterocycles. The highest BCUT2D eigenvalue weighted by Gasteiger charge is 2.27. The number of rotatable bonds is 7. The van der Waals surface area contributed by atoms with Gasteiger partial charge in [-0.3, -0.25) is 4.79 Å². The topological polar surface area (TPSA) is 77.1 Å². The summed E-state index contributed by atoms with van der Waals surface area (Å²) in [5.41, 5.74) is 1.21. The smallest absolute Gasteiger partial charge is 0.410 e. The Hall–Kier alpha value is -3.22. The summed E-state index contributed by atoms with van der Waals surface area (Å²) in [6, 6.07) is 15.0. The van der Waals surface area contributed by atoms with E-state index < -0.39 is 5.60 Å². The van der Waals surface area contributed by atoms with Crippen molar-refractivity contribution in [3.05, 3.63) is 54.1 Å². The van der Waals surface area contributed by atoms with Gasteiger partial charge >= 0.3 is 6.09 Å². The number of hydrogen-bond acceptors (Lipinski definition) is 5. The van der Waals surface area contributed by atoms with Crippen LogP contribution in [0.1, 0.15) is 39.2 Å². The lowest BCUT2D eigenvalue weighted by molar-refractivity contribution is -0.105. The molecule has 1 N–H and O–H groups in total. The Labute approximate surface area is 183 Å². The lowest BCUT2D eigenvalue weighted by Crippen LogP contribution is -2.44. The summed E-state index contributed by atoms with van der Waals surface area (Å²) in [6.45, 7) is 7.26. The van der Waals surface area contributed by atoms with Crippen molar-refractivity contribution >= 4 is 18.2 Å². The standard InChI is InChI=1S/C24H30N2O5/c1-24(2,3)31-23(28)26-13-11-22(12-14-26)30-21-9-7-20(8-10-21)29-16-18-5-4-6-19(15-18)25-17-27/h4-10,15,17,22H,11-14,16H2,1-3H3,(H,25,27). The third-order valence-electron chi connectivity index (χ3n) is 4.78. The van der Waals surface area contributed by atoms with Crippen LogP contribution >= 0.6 is 0 Å². The highest BCUT2D eigenvalue weighted by atomic mass is 16.6. The van der Waals surface area contributed by atoms with Crippen molar-refractivity contribution in [3.63, 3.8) is 0 Å². The largest absolute Gasteiger partial charge is 0.490 e. The molecule has 7 nitrogen and oxygen atoms in total. The highest BCUT2D eigenvalue weighted by Crippen LogP contribution is 2.23. The summed E-state index contributed by atoms with van der Waals surface area (Å²) < 4.78 is 17.3. The molecule has 2 aromatic rings. The second-order valence-electron chi connectivity index (χ2n) is 8.51. The predicted octanol–water partition coefficient (Wildman–Crippen LogP) is 4.61. The van der Waals surface area contributed by atoms with E-state index in [-0.39, 0.29) is 12.2 Å². The fourth-order valence-electron chi connectivity index (χ4n) is 3.28. The minimum atomic E-state index is -0.483. The molecule has 0 aromatic heterocycles. The van der Waals surface area contributed by atoms with Gasteiger partial charge in [0.2, 0.25) is 6.41 Å². The lowest BCUT2D eigenvalue weighted by atomic mass is 10.1. The molecular weight excluding hydrogens is 396 g/mol. The van der Waals surface area contributed by atoms with E-state index in [1.54, 1.807) is 4.90 Å². The molecule has 1 aliphatic rings. The molecule has 1 saturated heterocycles. The normalized spacial score (nSPS) is 14.6. The first-order valence-electron chi connectivity index (χ1n) is 10.5. The number of nitrogens with zero attached hydrogens (tertiary/aromatic N) is 1. The molecule has 2 aromatic carbocycles. The Morgan fingerprint density at radius 3 is 2.42 bits per heavy atom. The number of hydrogen-bond donors (Lipinski definition) is 1. The van der Waals surface area contributed by atoms with Crippen molar-refractivity contribution < 1.29 is 23.8 Å². The molecule has 3 rings (SSSR count). The van der Waals surface area contributed by atoms with Crippen LogP contribution in [0.4, 0.5) is 10.5 Å². The van der Waals surface area contributed by atoms with Crippen LogP contribution in [0.5, 0.6) is 11.5 Å². The Balaban J connectivity index is 1.44. The molecule has 2 amide bonds. The Morgan fingerprint density at radius 1 is 1.10 bits per heavy atom. The van der Waals surface area contributed by atoms with Crippen molar-refractivity contribution in [2.24, 2.45) is 0 Å². The van der Waals surface area contributed by atoms with Crippen molar-refractivity contribution in [2.45, 2.75) is 51.9 Å². The molecule has 0 atom stereocenters. The van der Waals surface area contributed by atoms with Crippen molar-refractivity contribution in [3.8, 4) is 11.5 Å². The predicted molar refractivity (Wildman–Crippen MR) is 118 cm³/mol. The number of piperidine rings is 1. The van der Waals surface area contributed by atoms with Crippen LogP contribution in [0.15, 0.2) is 48.5 Å². The highest BCUT2D eigenvalue weighted by molar-refractivity contribution is 5.71. The van der Waals surface area contributed by atoms with E-state index in [4.69, 9.17) is 14.2 Å². The zero-order valence-corrected chi connectivity index (χ0v) is 18.3. The van der Waals surface area contributed by atoms with Gasteiger partial charge in [-0.1, -0.05) is 12.1 Å². The average molecular weight is 427 g/mol. The molecule has 0 bridgehead atoms. The second-order valence-corrected chi connectivity index (χ2v) is 8.51. The number of ether oxygens (including phenoxy) is 3. The van der Waals surface area contributed by atoms with Gasteiger partial charge in [0.15, 0.2) is 0 Å². The molecule has 1 fully saturated rings. The Morgan fingerprint density at radius 2 is 1.77 bits per heavy atom. The van der Waals surface area contributed by atoms with Crippen molar-refractivity contribution in [1.29, 1.82) is 0 Å². The summed E-state index contributed by atoms with van der Waals surface area (Å²) in [7, 11) is 0. The van der Waals surface area contributed by atoms with Gasteiger partial charge in [-0.25, -0.2) is 4.79 Å². The third kappa shape index (κ3) is 7.20. The van der Waals surface area contributed by atoms with Crippen molar-refractivity contribution in [1.82, 2.24) is 4.90 Å². The summed E-state index contributed by atoms with van der Waals surface area (Å²) >= 11 is 0. The van der Waals surface area contributed by atoms with Crippen LogP contribution in [-0.2, 0) is 16.1 Å². The van der Waals surface area contributed by atoms with Crippen LogP contribution in [-0.4, -0.2) is 42.2 Å². The van der Waals surface area contributed by atoms with Gasteiger partial charge in [0.1, 0.15) is 29.8 Å². The molecule has 7 heteroatoms. The number of carbonyl (C=O) groups excluding carboxylic acids is 2. The molecular formula is C24H30N2O5. The lowest BCUT2D eigenvalue weighted by Gasteiger charge is -2.33. The number of likely N-dealkylation sites (tertiary alicyclic amines) is 1. The molecule has 0 unspecified atom stereocenters. The van der Waals surface area contributed by atoms with Gasteiger partial charge < -0.3 is 24.4 Å². The number of carbonyl (C=O) groups is 2. The monoisotopic (exact) mass is 426 g/mol. The molecule has 0 radical (unpaired) electrons. The van der Waals surface area contributed by atoms with Gasteiger partial charge in [0, 0.05) is 31.6 Å².